The molecule has 0 aliphatic rings. The van der Waals surface area contributed by atoms with Crippen molar-refractivity contribution in [2.24, 2.45) is 0 Å². The van der Waals surface area contributed by atoms with Crippen molar-refractivity contribution in [3.63, 3.8) is 0 Å². The van der Waals surface area contributed by atoms with Crippen LogP contribution >= 0.6 is 11.3 Å². The van der Waals surface area contributed by atoms with Gasteiger partial charge in [-0.1, -0.05) is 11.3 Å². The van der Waals surface area contributed by atoms with Crippen LogP contribution in [0.4, 0.5) is 5.69 Å². The highest BCUT2D eigenvalue weighted by Crippen LogP contribution is 2.33. The molecule has 0 aliphatic carbocycles. The minimum Gasteiger partial charge on any atom is -0.499 e. The van der Waals surface area contributed by atoms with Crippen molar-refractivity contribution in [3.8, 4) is 11.1 Å². The molecule has 64 valence electrons. The maximum Gasteiger partial charge on any atom is 0.172 e. The molecule has 1 aromatic carbocycles. The first kappa shape index (κ1) is 7.90. The minimum absolute atomic E-state index is 0.240. The number of nitrogens with zero attached hydrogens (tertiary/aromatic N) is 1. The second-order valence-electron chi connectivity index (χ2n) is 2.67. The van der Waals surface area contributed by atoms with E-state index in [0.717, 1.165) is 10.1 Å². The van der Waals surface area contributed by atoms with Gasteiger partial charge < -0.3 is 10.8 Å². The molecule has 0 amide bonds. The topological polar surface area (TPSA) is 70.0 Å². The molecule has 0 unspecified atom stereocenters. The fourth-order valence-electron chi connectivity index (χ4n) is 1.19. The van der Waals surface area contributed by atoms with Crippen LogP contribution in [0, 0.1) is 11.3 Å². The van der Waals surface area contributed by atoms with Crippen LogP contribution in [0.25, 0.3) is 10.1 Å². The van der Waals surface area contributed by atoms with Gasteiger partial charge in [0.1, 0.15) is 6.07 Å². The number of anilines is 1. The summed E-state index contributed by atoms with van der Waals surface area (Å²) >= 11 is 1.25. The second kappa shape index (κ2) is 2.64. The van der Waals surface area contributed by atoms with Crippen molar-refractivity contribution in [2.75, 3.05) is 5.73 Å². The highest BCUT2D eigenvalue weighted by atomic mass is 32.1. The number of fused-ring (bicyclic) bond motifs is 1. The quantitative estimate of drug-likeness (QED) is 0.624. The molecule has 0 fully saturated rings. The number of hydrogen-bond donors (Lipinski definition) is 2. The summed E-state index contributed by atoms with van der Waals surface area (Å²) in [6, 6.07) is 7.01. The lowest BCUT2D eigenvalue weighted by Gasteiger charge is -1.95. The Morgan fingerprint density at radius 1 is 1.38 bits per heavy atom. The number of nitriles is 1. The molecule has 0 atom stereocenters. The van der Waals surface area contributed by atoms with Gasteiger partial charge in [-0.3, -0.25) is 0 Å². The molecule has 0 bridgehead atoms. The average Bonchev–Trinajstić information content (AvgIpc) is 2.42. The lowest BCUT2D eigenvalue weighted by atomic mass is 10.1. The van der Waals surface area contributed by atoms with Gasteiger partial charge in [0.05, 0.1) is 11.3 Å². The highest BCUT2D eigenvalue weighted by Gasteiger charge is 2.04. The molecule has 0 aliphatic heterocycles. The molecule has 2 aromatic rings. The van der Waals surface area contributed by atoms with E-state index in [2.05, 4.69) is 0 Å². The summed E-state index contributed by atoms with van der Waals surface area (Å²) in [6.07, 6.45) is 0. The SMILES string of the molecule is N#Cc1cc2cc(O)sc2cc1N. The van der Waals surface area contributed by atoms with E-state index in [9.17, 15) is 5.11 Å². The van der Waals surface area contributed by atoms with E-state index < -0.39 is 0 Å². The summed E-state index contributed by atoms with van der Waals surface area (Å²) in [5.74, 6) is 0. The lowest BCUT2D eigenvalue weighted by Crippen LogP contribution is -1.88. The Kier molecular flexibility index (Phi) is 1.61. The molecule has 0 saturated carbocycles. The maximum atomic E-state index is 9.21. The summed E-state index contributed by atoms with van der Waals surface area (Å²) in [7, 11) is 0. The standard InChI is InChI=1S/C9H6N2OS/c10-4-6-1-5-2-9(12)13-8(5)3-7(6)11/h1-3,12H,11H2. The van der Waals surface area contributed by atoms with Gasteiger partial charge in [-0.2, -0.15) is 5.26 Å². The van der Waals surface area contributed by atoms with E-state index in [4.69, 9.17) is 11.0 Å². The van der Waals surface area contributed by atoms with Gasteiger partial charge in [0.2, 0.25) is 0 Å². The number of hydrogen-bond acceptors (Lipinski definition) is 4. The summed E-state index contributed by atoms with van der Waals surface area (Å²) in [5.41, 5.74) is 6.51. The van der Waals surface area contributed by atoms with Crippen LogP contribution in [-0.4, -0.2) is 5.11 Å². The first-order chi connectivity index (χ1) is 6.20. The van der Waals surface area contributed by atoms with Crippen molar-refractivity contribution in [1.82, 2.24) is 0 Å². The monoisotopic (exact) mass is 190 g/mol. The van der Waals surface area contributed by atoms with Crippen molar-refractivity contribution in [2.45, 2.75) is 0 Å². The third-order valence-corrected chi connectivity index (χ3v) is 2.70. The number of aromatic hydroxyl groups is 1. The van der Waals surface area contributed by atoms with Crippen molar-refractivity contribution in [1.29, 1.82) is 5.26 Å². The second-order valence-corrected chi connectivity index (χ2v) is 3.74. The van der Waals surface area contributed by atoms with Crippen LogP contribution in [0.5, 0.6) is 5.06 Å². The van der Waals surface area contributed by atoms with Gasteiger partial charge in [-0.25, -0.2) is 0 Å². The highest BCUT2D eigenvalue weighted by molar-refractivity contribution is 7.20. The average molecular weight is 190 g/mol. The van der Waals surface area contributed by atoms with E-state index >= 15 is 0 Å². The normalized spacial score (nSPS) is 10.1. The number of benzene rings is 1. The van der Waals surface area contributed by atoms with Crippen LogP contribution in [0.2, 0.25) is 0 Å². The molecule has 0 spiro atoms. The third kappa shape index (κ3) is 1.19. The first-order valence-electron chi connectivity index (χ1n) is 3.63. The van der Waals surface area contributed by atoms with Crippen LogP contribution in [0.1, 0.15) is 5.56 Å². The molecule has 13 heavy (non-hydrogen) atoms. The van der Waals surface area contributed by atoms with Gasteiger partial charge in [0.25, 0.3) is 0 Å². The number of nitrogens with two attached hydrogens (primary N) is 1. The van der Waals surface area contributed by atoms with E-state index in [0.29, 0.717) is 11.3 Å². The first-order valence-corrected chi connectivity index (χ1v) is 4.44. The summed E-state index contributed by atoms with van der Waals surface area (Å²) in [5, 5.41) is 19.0. The zero-order valence-corrected chi connectivity index (χ0v) is 7.43. The Balaban J connectivity index is 2.82. The molecule has 0 saturated heterocycles. The molecule has 1 heterocycles. The number of thiophene rings is 1. The van der Waals surface area contributed by atoms with E-state index in [1.807, 2.05) is 6.07 Å². The Morgan fingerprint density at radius 3 is 2.85 bits per heavy atom. The molecule has 0 radical (unpaired) electrons. The number of rotatable bonds is 0. The van der Waals surface area contributed by atoms with Gasteiger partial charge in [0.15, 0.2) is 5.06 Å². The molecule has 2 rings (SSSR count). The van der Waals surface area contributed by atoms with Crippen LogP contribution < -0.4 is 5.73 Å². The molecule has 1 aromatic heterocycles. The van der Waals surface area contributed by atoms with Crippen molar-refractivity contribution >= 4 is 27.1 Å². The summed E-state index contributed by atoms with van der Waals surface area (Å²) < 4.78 is 0.897. The Labute approximate surface area is 78.6 Å². The van der Waals surface area contributed by atoms with Gasteiger partial charge in [0, 0.05) is 4.70 Å². The maximum absolute atomic E-state index is 9.21. The zero-order valence-electron chi connectivity index (χ0n) is 6.61. The Hall–Kier alpha value is -1.73. The smallest absolute Gasteiger partial charge is 0.172 e. The molecule has 3 N–H and O–H groups in total. The number of nitrogen functional groups attached to an aromatic ring is 1. The van der Waals surface area contributed by atoms with Crippen LogP contribution in [0.3, 0.4) is 0 Å². The van der Waals surface area contributed by atoms with Crippen LogP contribution in [0.15, 0.2) is 18.2 Å². The predicted molar refractivity (Wildman–Crippen MR) is 52.6 cm³/mol. The third-order valence-electron chi connectivity index (χ3n) is 1.80. The lowest BCUT2D eigenvalue weighted by molar-refractivity contribution is 0.491. The van der Waals surface area contributed by atoms with Gasteiger partial charge in [-0.15, -0.1) is 0 Å². The fourth-order valence-corrected chi connectivity index (χ4v) is 2.02. The largest absolute Gasteiger partial charge is 0.499 e. The van der Waals surface area contributed by atoms with E-state index in [-0.39, 0.29) is 5.06 Å². The predicted octanol–water partition coefficient (Wildman–Crippen LogP) is 2.06. The van der Waals surface area contributed by atoms with Crippen molar-refractivity contribution in [3.05, 3.63) is 23.8 Å². The molecular formula is C9H6N2OS. The Bertz CT molecular complexity index is 510. The van der Waals surface area contributed by atoms with Gasteiger partial charge >= 0.3 is 0 Å². The molecular weight excluding hydrogens is 184 g/mol. The van der Waals surface area contributed by atoms with Crippen molar-refractivity contribution < 1.29 is 5.11 Å². The molecule has 4 heteroatoms. The van der Waals surface area contributed by atoms with E-state index in [1.165, 1.54) is 11.3 Å². The fraction of sp³-hybridized carbons (Fsp3) is 0. The van der Waals surface area contributed by atoms with Gasteiger partial charge in [-0.05, 0) is 23.6 Å². The van der Waals surface area contributed by atoms with Crippen LogP contribution in [-0.2, 0) is 0 Å². The molecule has 3 nitrogen and oxygen atoms in total. The van der Waals surface area contributed by atoms with E-state index in [1.54, 1.807) is 18.2 Å². The summed E-state index contributed by atoms with van der Waals surface area (Å²) in [6.45, 7) is 0. The summed E-state index contributed by atoms with van der Waals surface area (Å²) in [4.78, 5) is 0. The zero-order chi connectivity index (χ0) is 9.42. The Morgan fingerprint density at radius 2 is 2.15 bits per heavy atom. The minimum atomic E-state index is 0.240.